The number of anilines is 2. The van der Waals surface area contributed by atoms with Gasteiger partial charge in [0, 0.05) is 24.0 Å². The lowest BCUT2D eigenvalue weighted by molar-refractivity contribution is 0.0951. The maximum Gasteiger partial charge on any atom is 0.291 e. The summed E-state index contributed by atoms with van der Waals surface area (Å²) in [6.45, 7) is 0.213. The molecule has 14 heteroatoms. The van der Waals surface area contributed by atoms with E-state index in [1.54, 1.807) is 36.7 Å². The molecule has 184 valence electrons. The van der Waals surface area contributed by atoms with Crippen molar-refractivity contribution in [2.45, 2.75) is 10.9 Å². The average Bonchev–Trinajstić information content (AvgIpc) is 3.33. The van der Waals surface area contributed by atoms with E-state index >= 15 is 0 Å². The van der Waals surface area contributed by atoms with Gasteiger partial charge >= 0.3 is 0 Å². The second-order valence-electron chi connectivity index (χ2n) is 7.15. The van der Waals surface area contributed by atoms with Crippen LogP contribution in [0.2, 0.25) is 10.0 Å². The van der Waals surface area contributed by atoms with E-state index in [0.717, 1.165) is 5.56 Å². The first-order valence-electron chi connectivity index (χ1n) is 10.1. The minimum atomic E-state index is -4.22. The highest BCUT2D eigenvalue weighted by Gasteiger charge is 2.24. The van der Waals surface area contributed by atoms with Crippen LogP contribution < -0.4 is 15.4 Å². The predicted molar refractivity (Wildman–Crippen MR) is 137 cm³/mol. The third-order valence-corrected chi connectivity index (χ3v) is 7.74. The molecule has 0 aliphatic carbocycles. The molecule has 0 saturated heterocycles. The summed E-state index contributed by atoms with van der Waals surface area (Å²) in [5, 5.41) is 13.0. The number of nitrogens with one attached hydrogen (secondary N) is 3. The molecule has 3 N–H and O–H groups in total. The Morgan fingerprint density at radius 3 is 2.50 bits per heavy atom. The Hall–Kier alpha value is -3.58. The number of pyridine rings is 1. The molecule has 2 heterocycles. The Balaban J connectivity index is 1.47. The van der Waals surface area contributed by atoms with Crippen LogP contribution in [0.3, 0.4) is 0 Å². The third-order valence-electron chi connectivity index (χ3n) is 4.62. The number of hydrogen-bond donors (Lipinski definition) is 3. The Morgan fingerprint density at radius 2 is 1.75 bits per heavy atom. The van der Waals surface area contributed by atoms with Gasteiger partial charge in [0.1, 0.15) is 0 Å². The number of sulfonamides is 1. The number of rotatable bonds is 8. The van der Waals surface area contributed by atoms with Crippen molar-refractivity contribution in [2.75, 3.05) is 10.0 Å². The molecule has 10 nitrogen and oxygen atoms in total. The Morgan fingerprint density at radius 1 is 0.944 bits per heavy atom. The van der Waals surface area contributed by atoms with Crippen molar-refractivity contribution in [3.05, 3.63) is 93.7 Å². The van der Waals surface area contributed by atoms with E-state index in [1.807, 2.05) is 0 Å². The largest absolute Gasteiger partial charge is 0.348 e. The number of para-hydroxylation sites is 1. The fourth-order valence-corrected chi connectivity index (χ4v) is 5.42. The molecule has 0 spiro atoms. The lowest BCUT2D eigenvalue weighted by Gasteiger charge is -2.11. The van der Waals surface area contributed by atoms with Gasteiger partial charge in [0.2, 0.25) is 5.13 Å². The van der Waals surface area contributed by atoms with E-state index in [2.05, 4.69) is 30.5 Å². The zero-order chi connectivity index (χ0) is 25.7. The van der Waals surface area contributed by atoms with Crippen molar-refractivity contribution in [3.63, 3.8) is 0 Å². The zero-order valence-electron chi connectivity index (χ0n) is 18.1. The van der Waals surface area contributed by atoms with Crippen LogP contribution in [0.1, 0.15) is 26.3 Å². The summed E-state index contributed by atoms with van der Waals surface area (Å²) in [6.07, 6.45) is 3.23. The Labute approximate surface area is 219 Å². The number of halogens is 2. The monoisotopic (exact) mass is 562 g/mol. The first-order chi connectivity index (χ1) is 17.2. The van der Waals surface area contributed by atoms with E-state index < -0.39 is 26.2 Å². The van der Waals surface area contributed by atoms with Gasteiger partial charge in [-0.15, -0.1) is 10.2 Å². The molecule has 2 aromatic carbocycles. The SMILES string of the molecule is O=C(Nc1nnc(S(=O)(=O)Nc2ccccc2C(=O)NCc2cccnc2)s1)c1ccc(Cl)cc1Cl. The number of aromatic nitrogens is 3. The smallest absolute Gasteiger partial charge is 0.291 e. The summed E-state index contributed by atoms with van der Waals surface area (Å²) in [5.74, 6) is -1.09. The minimum Gasteiger partial charge on any atom is -0.348 e. The van der Waals surface area contributed by atoms with Gasteiger partial charge in [0.25, 0.3) is 26.2 Å². The molecule has 4 rings (SSSR count). The van der Waals surface area contributed by atoms with Crippen molar-refractivity contribution in [1.29, 1.82) is 0 Å². The van der Waals surface area contributed by atoms with Crippen LogP contribution in [0.4, 0.5) is 10.8 Å². The molecule has 0 aliphatic rings. The molecule has 0 unspecified atom stereocenters. The van der Waals surface area contributed by atoms with Crippen LogP contribution in [0.25, 0.3) is 0 Å². The zero-order valence-corrected chi connectivity index (χ0v) is 21.2. The summed E-state index contributed by atoms with van der Waals surface area (Å²) in [6, 6.07) is 14.0. The topological polar surface area (TPSA) is 143 Å². The van der Waals surface area contributed by atoms with Gasteiger partial charge in [0.05, 0.1) is 21.8 Å². The van der Waals surface area contributed by atoms with Crippen molar-refractivity contribution >= 4 is 67.2 Å². The molecule has 0 atom stereocenters. The second kappa shape index (κ2) is 11.0. The highest BCUT2D eigenvalue weighted by atomic mass is 35.5. The fraction of sp³-hybridized carbons (Fsp3) is 0.0455. The summed E-state index contributed by atoms with van der Waals surface area (Å²) in [7, 11) is -4.22. The van der Waals surface area contributed by atoms with Crippen molar-refractivity contribution < 1.29 is 18.0 Å². The molecule has 0 saturated carbocycles. The van der Waals surface area contributed by atoms with Gasteiger partial charge in [-0.3, -0.25) is 24.6 Å². The van der Waals surface area contributed by atoms with Gasteiger partial charge in [-0.1, -0.05) is 52.7 Å². The standard InChI is InChI=1S/C22H16Cl2N6O4S2/c23-14-7-8-15(17(24)10-14)20(32)27-21-28-29-22(35-21)36(33,34)30-18-6-2-1-5-16(18)19(31)26-12-13-4-3-9-25-11-13/h1-11,30H,12H2,(H,26,31)(H,27,28,32). The molecular formula is C22H16Cl2N6O4S2. The first kappa shape index (κ1) is 25.5. The van der Waals surface area contributed by atoms with Crippen molar-refractivity contribution in [2.24, 2.45) is 0 Å². The predicted octanol–water partition coefficient (Wildman–Crippen LogP) is 4.22. The fourth-order valence-electron chi connectivity index (χ4n) is 2.95. The van der Waals surface area contributed by atoms with Crippen LogP contribution in [0.5, 0.6) is 0 Å². The van der Waals surface area contributed by atoms with Crippen LogP contribution in [-0.2, 0) is 16.6 Å². The van der Waals surface area contributed by atoms with Crippen LogP contribution >= 0.6 is 34.5 Å². The number of carbonyl (C=O) groups is 2. The Bertz CT molecular complexity index is 1530. The molecule has 36 heavy (non-hydrogen) atoms. The lowest BCUT2D eigenvalue weighted by atomic mass is 10.1. The number of hydrogen-bond acceptors (Lipinski definition) is 8. The average molecular weight is 563 g/mol. The van der Waals surface area contributed by atoms with E-state index in [9.17, 15) is 18.0 Å². The molecule has 2 aromatic heterocycles. The maximum atomic E-state index is 12.9. The number of amides is 2. The molecule has 0 radical (unpaired) electrons. The normalized spacial score (nSPS) is 11.1. The lowest BCUT2D eigenvalue weighted by Crippen LogP contribution is -2.25. The first-order valence-corrected chi connectivity index (χ1v) is 13.2. The van der Waals surface area contributed by atoms with Gasteiger partial charge < -0.3 is 5.32 Å². The number of carbonyl (C=O) groups excluding carboxylic acids is 2. The second-order valence-corrected chi connectivity index (χ2v) is 10.8. The van der Waals surface area contributed by atoms with E-state index in [-0.39, 0.29) is 33.5 Å². The summed E-state index contributed by atoms with van der Waals surface area (Å²) in [4.78, 5) is 29.2. The van der Waals surface area contributed by atoms with Gasteiger partial charge in [-0.25, -0.2) is 0 Å². The van der Waals surface area contributed by atoms with E-state index in [4.69, 9.17) is 23.2 Å². The molecular weight excluding hydrogens is 547 g/mol. The van der Waals surface area contributed by atoms with Gasteiger partial charge in [-0.2, -0.15) is 8.42 Å². The molecule has 2 amide bonds. The van der Waals surface area contributed by atoms with Gasteiger partial charge in [0.15, 0.2) is 0 Å². The quantitative estimate of drug-likeness (QED) is 0.273. The molecule has 0 aliphatic heterocycles. The Kier molecular flexibility index (Phi) is 7.79. The summed E-state index contributed by atoms with van der Waals surface area (Å²) >= 11 is 12.5. The highest BCUT2D eigenvalue weighted by molar-refractivity contribution is 7.94. The summed E-state index contributed by atoms with van der Waals surface area (Å²) in [5.41, 5.74) is 1.08. The van der Waals surface area contributed by atoms with Crippen LogP contribution in [-0.4, -0.2) is 35.4 Å². The molecule has 4 aromatic rings. The van der Waals surface area contributed by atoms with Gasteiger partial charge in [-0.05, 0) is 42.0 Å². The third kappa shape index (κ3) is 6.15. The van der Waals surface area contributed by atoms with E-state index in [0.29, 0.717) is 16.4 Å². The van der Waals surface area contributed by atoms with Crippen molar-refractivity contribution in [1.82, 2.24) is 20.5 Å². The molecule has 0 fully saturated rings. The highest BCUT2D eigenvalue weighted by Crippen LogP contribution is 2.26. The number of benzene rings is 2. The number of nitrogens with zero attached hydrogens (tertiary/aromatic N) is 3. The summed E-state index contributed by atoms with van der Waals surface area (Å²) < 4.78 is 27.8. The van der Waals surface area contributed by atoms with E-state index in [1.165, 1.54) is 30.3 Å². The van der Waals surface area contributed by atoms with Crippen LogP contribution in [0.15, 0.2) is 71.3 Å². The minimum absolute atomic E-state index is 0.0509. The van der Waals surface area contributed by atoms with Crippen molar-refractivity contribution in [3.8, 4) is 0 Å². The van der Waals surface area contributed by atoms with Crippen LogP contribution in [0, 0.1) is 0 Å². The molecule has 0 bridgehead atoms. The maximum absolute atomic E-state index is 12.9.